The van der Waals surface area contributed by atoms with Crippen molar-refractivity contribution in [1.29, 1.82) is 0 Å². The summed E-state index contributed by atoms with van der Waals surface area (Å²) in [5.41, 5.74) is 4.98. The summed E-state index contributed by atoms with van der Waals surface area (Å²) in [6.07, 6.45) is 9.35. The van der Waals surface area contributed by atoms with Crippen molar-refractivity contribution in [3.63, 3.8) is 0 Å². The average Bonchev–Trinajstić information content (AvgIpc) is 3.16. The van der Waals surface area contributed by atoms with Gasteiger partial charge in [-0.1, -0.05) is 18.6 Å². The van der Waals surface area contributed by atoms with E-state index in [9.17, 15) is 9.59 Å². The molecule has 4 nitrogen and oxygen atoms in total. The summed E-state index contributed by atoms with van der Waals surface area (Å²) >= 11 is 1.49. The number of rotatable bonds is 3. The van der Waals surface area contributed by atoms with Gasteiger partial charge in [0.05, 0.1) is 5.69 Å². The van der Waals surface area contributed by atoms with Gasteiger partial charge in [0.1, 0.15) is 5.78 Å². The van der Waals surface area contributed by atoms with Crippen molar-refractivity contribution in [3.8, 4) is 11.3 Å². The van der Waals surface area contributed by atoms with Gasteiger partial charge in [-0.05, 0) is 68.6 Å². The van der Waals surface area contributed by atoms with Crippen LogP contribution in [0.3, 0.4) is 0 Å². The molecular weight excluding hydrogens is 368 g/mol. The molecule has 0 aliphatic heterocycles. The predicted octanol–water partition coefficient (Wildman–Crippen LogP) is 5.02. The number of carbonyl (C=O) groups is 2. The van der Waals surface area contributed by atoms with E-state index in [-0.39, 0.29) is 23.7 Å². The van der Waals surface area contributed by atoms with Gasteiger partial charge < -0.3 is 5.32 Å². The van der Waals surface area contributed by atoms with Gasteiger partial charge in [0.25, 0.3) is 0 Å². The molecule has 2 atom stereocenters. The number of Topliss-reactive ketones (excluding diaryl/α,β-unsaturated/α-hetero) is 1. The Morgan fingerprint density at radius 3 is 2.57 bits per heavy atom. The lowest BCUT2D eigenvalue weighted by atomic mass is 9.67. The fourth-order valence-corrected chi connectivity index (χ4v) is 5.98. The van der Waals surface area contributed by atoms with Crippen molar-refractivity contribution in [1.82, 2.24) is 4.98 Å². The van der Waals surface area contributed by atoms with E-state index in [0.717, 1.165) is 36.9 Å². The first-order valence-electron chi connectivity index (χ1n) is 10.6. The van der Waals surface area contributed by atoms with Gasteiger partial charge >= 0.3 is 0 Å². The lowest BCUT2D eigenvalue weighted by Gasteiger charge is -2.36. The lowest BCUT2D eigenvalue weighted by Crippen LogP contribution is -2.40. The predicted molar refractivity (Wildman–Crippen MR) is 111 cm³/mol. The van der Waals surface area contributed by atoms with Gasteiger partial charge in [0, 0.05) is 28.7 Å². The molecule has 5 rings (SSSR count). The first-order chi connectivity index (χ1) is 13.7. The van der Waals surface area contributed by atoms with Crippen molar-refractivity contribution < 1.29 is 9.59 Å². The van der Waals surface area contributed by atoms with E-state index >= 15 is 0 Å². The molecule has 28 heavy (non-hydrogen) atoms. The zero-order chi connectivity index (χ0) is 19.1. The third kappa shape index (κ3) is 3.41. The number of anilines is 1. The molecule has 5 heteroatoms. The summed E-state index contributed by atoms with van der Waals surface area (Å²) < 4.78 is 0. The van der Waals surface area contributed by atoms with E-state index in [4.69, 9.17) is 0 Å². The molecule has 1 aromatic heterocycles. The Labute approximate surface area is 169 Å². The highest BCUT2D eigenvalue weighted by atomic mass is 32.1. The van der Waals surface area contributed by atoms with E-state index < -0.39 is 0 Å². The molecule has 1 aromatic carbocycles. The molecule has 1 N–H and O–H groups in total. The molecule has 2 bridgehead atoms. The molecule has 0 radical (unpaired) electrons. The average molecular weight is 395 g/mol. The number of aromatic nitrogens is 1. The molecule has 0 spiro atoms. The van der Waals surface area contributed by atoms with Crippen molar-refractivity contribution in [3.05, 3.63) is 34.7 Å². The van der Waals surface area contributed by atoms with Crippen LogP contribution in [0.2, 0.25) is 0 Å². The Morgan fingerprint density at radius 2 is 1.79 bits per heavy atom. The highest BCUT2D eigenvalue weighted by Crippen LogP contribution is 2.40. The first-order valence-corrected chi connectivity index (χ1v) is 11.5. The van der Waals surface area contributed by atoms with Crippen LogP contribution in [0.15, 0.2) is 23.6 Å². The lowest BCUT2D eigenvalue weighted by molar-refractivity contribution is -0.136. The Bertz CT molecular complexity index is 903. The SMILES string of the molecule is O=C(Nc1nc(-c2ccc3c(c2)CCCC3)cs1)C1CC2CCCC(C1)C2=O. The topological polar surface area (TPSA) is 59.1 Å². The third-order valence-corrected chi connectivity index (χ3v) is 7.56. The maximum atomic E-state index is 12.8. The van der Waals surface area contributed by atoms with Crippen LogP contribution in [-0.4, -0.2) is 16.7 Å². The number of hydrogen-bond donors (Lipinski definition) is 1. The smallest absolute Gasteiger partial charge is 0.229 e. The molecule has 1 heterocycles. The zero-order valence-electron chi connectivity index (χ0n) is 16.1. The van der Waals surface area contributed by atoms with Crippen molar-refractivity contribution >= 4 is 28.2 Å². The Hall–Kier alpha value is -2.01. The minimum absolute atomic E-state index is 0.0377. The summed E-state index contributed by atoms with van der Waals surface area (Å²) in [7, 11) is 0. The highest BCUT2D eigenvalue weighted by molar-refractivity contribution is 7.14. The minimum atomic E-state index is -0.0518. The van der Waals surface area contributed by atoms with E-state index in [1.807, 2.05) is 5.38 Å². The summed E-state index contributed by atoms with van der Waals surface area (Å²) in [5.74, 6) is 0.593. The number of nitrogens with zero attached hydrogens (tertiary/aromatic N) is 1. The van der Waals surface area contributed by atoms with Crippen LogP contribution in [0.1, 0.15) is 56.1 Å². The number of amides is 1. The minimum Gasteiger partial charge on any atom is -0.302 e. The third-order valence-electron chi connectivity index (χ3n) is 6.80. The van der Waals surface area contributed by atoms with E-state index in [2.05, 4.69) is 28.5 Å². The Balaban J connectivity index is 1.28. The molecular formula is C23H26N2O2S. The Morgan fingerprint density at radius 1 is 1.04 bits per heavy atom. The van der Waals surface area contributed by atoms with Crippen molar-refractivity contribution in [2.75, 3.05) is 5.32 Å². The van der Waals surface area contributed by atoms with Crippen LogP contribution in [0.5, 0.6) is 0 Å². The summed E-state index contributed by atoms with van der Waals surface area (Å²) in [4.78, 5) is 29.7. The van der Waals surface area contributed by atoms with Gasteiger partial charge in [-0.25, -0.2) is 4.98 Å². The number of carbonyl (C=O) groups excluding carboxylic acids is 2. The number of benzene rings is 1. The molecule has 0 saturated heterocycles. The largest absolute Gasteiger partial charge is 0.302 e. The van der Waals surface area contributed by atoms with E-state index in [1.165, 1.54) is 41.7 Å². The molecule has 2 aromatic rings. The van der Waals surface area contributed by atoms with Crippen LogP contribution in [0.4, 0.5) is 5.13 Å². The van der Waals surface area contributed by atoms with Crippen LogP contribution in [0, 0.1) is 17.8 Å². The number of thiazole rings is 1. The number of aryl methyl sites for hydroxylation is 2. The quantitative estimate of drug-likeness (QED) is 0.795. The second-order valence-electron chi connectivity index (χ2n) is 8.61. The molecule has 3 aliphatic carbocycles. The maximum Gasteiger partial charge on any atom is 0.229 e. The second kappa shape index (κ2) is 7.43. The summed E-state index contributed by atoms with van der Waals surface area (Å²) in [6.45, 7) is 0. The van der Waals surface area contributed by atoms with Crippen molar-refractivity contribution in [2.24, 2.45) is 17.8 Å². The van der Waals surface area contributed by atoms with E-state index in [1.54, 1.807) is 0 Å². The standard InChI is InChI=1S/C23H26N2O2S/c26-21-17-6-3-7-18(21)12-19(11-17)22(27)25-23-24-20(13-28-23)16-9-8-14-4-1-2-5-15(14)10-16/h8-10,13,17-19H,1-7,11-12H2,(H,24,25,27). The second-order valence-corrected chi connectivity index (χ2v) is 9.47. The zero-order valence-corrected chi connectivity index (χ0v) is 16.9. The van der Waals surface area contributed by atoms with Gasteiger partial charge in [0.2, 0.25) is 5.91 Å². The molecule has 2 fully saturated rings. The molecule has 3 aliphatic rings. The van der Waals surface area contributed by atoms with Crippen LogP contribution < -0.4 is 5.32 Å². The van der Waals surface area contributed by atoms with Crippen LogP contribution >= 0.6 is 11.3 Å². The summed E-state index contributed by atoms with van der Waals surface area (Å²) in [5, 5.41) is 5.72. The fraction of sp³-hybridized carbons (Fsp3) is 0.522. The Kier molecular flexibility index (Phi) is 4.79. The maximum absolute atomic E-state index is 12.8. The number of fused-ring (bicyclic) bond motifs is 3. The van der Waals surface area contributed by atoms with Crippen molar-refractivity contribution in [2.45, 2.75) is 57.8 Å². The molecule has 2 unspecified atom stereocenters. The van der Waals surface area contributed by atoms with Gasteiger partial charge in [0.15, 0.2) is 5.13 Å². The molecule has 1 amide bonds. The normalized spacial score (nSPS) is 26.6. The van der Waals surface area contributed by atoms with Gasteiger partial charge in [-0.2, -0.15) is 0 Å². The number of ketones is 1. The van der Waals surface area contributed by atoms with Gasteiger partial charge in [-0.15, -0.1) is 11.3 Å². The molecule has 2 saturated carbocycles. The fourth-order valence-electron chi connectivity index (χ4n) is 5.26. The van der Waals surface area contributed by atoms with E-state index in [0.29, 0.717) is 23.8 Å². The van der Waals surface area contributed by atoms with Crippen LogP contribution in [0.25, 0.3) is 11.3 Å². The van der Waals surface area contributed by atoms with Gasteiger partial charge in [-0.3, -0.25) is 9.59 Å². The highest BCUT2D eigenvalue weighted by Gasteiger charge is 2.41. The first kappa shape index (κ1) is 18.0. The number of nitrogens with one attached hydrogen (secondary N) is 1. The number of hydrogen-bond acceptors (Lipinski definition) is 4. The molecule has 146 valence electrons. The summed E-state index contributed by atoms with van der Waals surface area (Å²) in [6, 6.07) is 6.65. The monoisotopic (exact) mass is 394 g/mol. The van der Waals surface area contributed by atoms with Crippen LogP contribution in [-0.2, 0) is 22.4 Å².